The minimum Gasteiger partial charge on any atom is -0.369 e. The van der Waals surface area contributed by atoms with Crippen molar-refractivity contribution in [3.63, 3.8) is 0 Å². The molecule has 0 radical (unpaired) electrons. The molecule has 1 atom stereocenters. The Morgan fingerprint density at radius 1 is 1.28 bits per heavy atom. The summed E-state index contributed by atoms with van der Waals surface area (Å²) in [5.74, 6) is -0.260. The zero-order valence-electron chi connectivity index (χ0n) is 10.5. The van der Waals surface area contributed by atoms with E-state index in [1.807, 2.05) is 0 Å². The van der Waals surface area contributed by atoms with Crippen molar-refractivity contribution in [3.8, 4) is 0 Å². The van der Waals surface area contributed by atoms with Crippen LogP contribution < -0.4 is 16.4 Å². The summed E-state index contributed by atoms with van der Waals surface area (Å²) in [7, 11) is 0. The highest BCUT2D eigenvalue weighted by molar-refractivity contribution is 5.85. The Labute approximate surface area is 114 Å². The molecule has 104 valence electrons. The molecule has 1 aliphatic heterocycles. The molecular weight excluding hydrogens is 254 g/mol. The van der Waals surface area contributed by atoms with Crippen molar-refractivity contribution in [1.29, 1.82) is 0 Å². The number of nitrogens with two attached hydrogens (primary N) is 1. The van der Waals surface area contributed by atoms with Crippen molar-refractivity contribution in [2.75, 3.05) is 13.1 Å². The number of hydrogen-bond acceptors (Lipinski definition) is 3. The number of rotatable bonds is 4. The van der Waals surface area contributed by atoms with Crippen molar-refractivity contribution in [1.82, 2.24) is 10.6 Å². The second-order valence-corrected chi connectivity index (χ2v) is 5.22. The molecule has 0 bridgehead atoms. The zero-order chi connectivity index (χ0) is 12.3. The lowest BCUT2D eigenvalue weighted by Crippen LogP contribution is -2.48. The maximum atomic E-state index is 11.8. The summed E-state index contributed by atoms with van der Waals surface area (Å²) in [5.41, 5.74) is 4.97. The highest BCUT2D eigenvalue weighted by Crippen LogP contribution is 2.37. The van der Waals surface area contributed by atoms with E-state index in [-0.39, 0.29) is 30.3 Å². The molecule has 0 aromatic rings. The summed E-state index contributed by atoms with van der Waals surface area (Å²) in [6, 6.07) is -0.0821. The van der Waals surface area contributed by atoms with Gasteiger partial charge in [-0.05, 0) is 32.2 Å². The van der Waals surface area contributed by atoms with Gasteiger partial charge in [-0.2, -0.15) is 0 Å². The maximum Gasteiger partial charge on any atom is 0.237 e. The van der Waals surface area contributed by atoms with Crippen LogP contribution in [0.25, 0.3) is 0 Å². The third kappa shape index (κ3) is 3.14. The second-order valence-electron chi connectivity index (χ2n) is 5.22. The minimum atomic E-state index is -0.492. The summed E-state index contributed by atoms with van der Waals surface area (Å²) < 4.78 is 0. The molecule has 6 heteroatoms. The van der Waals surface area contributed by atoms with E-state index in [1.54, 1.807) is 0 Å². The van der Waals surface area contributed by atoms with Gasteiger partial charge in [0.25, 0.3) is 0 Å². The van der Waals surface area contributed by atoms with Crippen LogP contribution in [0.15, 0.2) is 0 Å². The number of halogens is 1. The van der Waals surface area contributed by atoms with Crippen molar-refractivity contribution >= 4 is 24.2 Å². The van der Waals surface area contributed by atoms with Gasteiger partial charge in [0.05, 0.1) is 11.5 Å². The standard InChI is InChI=1S/C12H21N3O2.ClH/c13-11(17)12(5-1-2-6-12)8-15-10(16)9-4-3-7-14-9;/h9,14H,1-8H2,(H2,13,17)(H,15,16);1H. The quantitative estimate of drug-likeness (QED) is 0.691. The van der Waals surface area contributed by atoms with Crippen LogP contribution in [0, 0.1) is 5.41 Å². The molecule has 18 heavy (non-hydrogen) atoms. The average molecular weight is 276 g/mol. The molecule has 2 amide bonds. The lowest BCUT2D eigenvalue weighted by molar-refractivity contribution is -0.128. The smallest absolute Gasteiger partial charge is 0.237 e. The van der Waals surface area contributed by atoms with Gasteiger partial charge >= 0.3 is 0 Å². The highest BCUT2D eigenvalue weighted by atomic mass is 35.5. The first-order chi connectivity index (χ1) is 8.14. The van der Waals surface area contributed by atoms with Crippen LogP contribution in [0.4, 0.5) is 0 Å². The van der Waals surface area contributed by atoms with E-state index >= 15 is 0 Å². The molecule has 1 saturated carbocycles. The monoisotopic (exact) mass is 275 g/mol. The van der Waals surface area contributed by atoms with E-state index in [0.29, 0.717) is 6.54 Å². The summed E-state index contributed by atoms with van der Waals surface area (Å²) in [4.78, 5) is 23.4. The molecule has 1 saturated heterocycles. The van der Waals surface area contributed by atoms with Crippen molar-refractivity contribution < 1.29 is 9.59 Å². The molecule has 5 nitrogen and oxygen atoms in total. The third-order valence-corrected chi connectivity index (χ3v) is 4.06. The Balaban J connectivity index is 0.00000162. The fraction of sp³-hybridized carbons (Fsp3) is 0.833. The molecule has 2 rings (SSSR count). The summed E-state index contributed by atoms with van der Waals surface area (Å²) in [5, 5.41) is 6.03. The first kappa shape index (κ1) is 15.2. The number of hydrogen-bond donors (Lipinski definition) is 3. The Kier molecular flexibility index (Phi) is 5.41. The van der Waals surface area contributed by atoms with Crippen LogP contribution in [0.2, 0.25) is 0 Å². The number of nitrogens with one attached hydrogen (secondary N) is 2. The first-order valence-corrected chi connectivity index (χ1v) is 6.45. The minimum absolute atomic E-state index is 0. The summed E-state index contributed by atoms with van der Waals surface area (Å²) >= 11 is 0. The Hall–Kier alpha value is -0.810. The predicted molar refractivity (Wildman–Crippen MR) is 71.4 cm³/mol. The number of carbonyl (C=O) groups is 2. The summed E-state index contributed by atoms with van der Waals surface area (Å²) in [6.45, 7) is 1.30. The average Bonchev–Trinajstić information content (AvgIpc) is 2.97. The van der Waals surface area contributed by atoms with Crippen molar-refractivity contribution in [2.24, 2.45) is 11.1 Å². The topological polar surface area (TPSA) is 84.2 Å². The molecule has 0 spiro atoms. The Morgan fingerprint density at radius 3 is 2.44 bits per heavy atom. The molecule has 2 aliphatic rings. The van der Waals surface area contributed by atoms with Crippen LogP contribution in [0.5, 0.6) is 0 Å². The van der Waals surface area contributed by atoms with Gasteiger partial charge in [-0.3, -0.25) is 9.59 Å². The molecule has 0 aromatic heterocycles. The molecule has 4 N–H and O–H groups in total. The van der Waals surface area contributed by atoms with Gasteiger partial charge in [-0.1, -0.05) is 12.8 Å². The van der Waals surface area contributed by atoms with Crippen LogP contribution in [0.3, 0.4) is 0 Å². The van der Waals surface area contributed by atoms with Gasteiger partial charge in [0.2, 0.25) is 11.8 Å². The summed E-state index contributed by atoms with van der Waals surface area (Å²) in [6.07, 6.45) is 5.59. The second kappa shape index (κ2) is 6.38. The van der Waals surface area contributed by atoms with Crippen LogP contribution >= 0.6 is 12.4 Å². The fourth-order valence-electron chi connectivity index (χ4n) is 2.85. The molecule has 2 fully saturated rings. The third-order valence-electron chi connectivity index (χ3n) is 4.06. The molecule has 1 unspecified atom stereocenters. The lowest BCUT2D eigenvalue weighted by atomic mass is 9.85. The Bertz CT molecular complexity index is 310. The molecule has 0 aromatic carbocycles. The van der Waals surface area contributed by atoms with E-state index in [0.717, 1.165) is 45.1 Å². The lowest BCUT2D eigenvalue weighted by Gasteiger charge is -2.26. The van der Waals surface area contributed by atoms with Gasteiger partial charge in [0.1, 0.15) is 0 Å². The van der Waals surface area contributed by atoms with E-state index in [4.69, 9.17) is 5.73 Å². The predicted octanol–water partition coefficient (Wildman–Crippen LogP) is 0.322. The van der Waals surface area contributed by atoms with E-state index in [1.165, 1.54) is 0 Å². The molecule has 1 aliphatic carbocycles. The molecular formula is C12H22ClN3O2. The number of amides is 2. The van der Waals surface area contributed by atoms with Gasteiger partial charge in [-0.15, -0.1) is 12.4 Å². The van der Waals surface area contributed by atoms with Crippen LogP contribution in [-0.4, -0.2) is 30.9 Å². The normalized spacial score (nSPS) is 25.4. The first-order valence-electron chi connectivity index (χ1n) is 6.45. The molecule has 1 heterocycles. The van der Waals surface area contributed by atoms with Crippen molar-refractivity contribution in [2.45, 2.75) is 44.6 Å². The van der Waals surface area contributed by atoms with Gasteiger partial charge < -0.3 is 16.4 Å². The zero-order valence-corrected chi connectivity index (χ0v) is 11.4. The Morgan fingerprint density at radius 2 is 1.94 bits per heavy atom. The van der Waals surface area contributed by atoms with Gasteiger partial charge in [0.15, 0.2) is 0 Å². The SMILES string of the molecule is Cl.NC(=O)C1(CNC(=O)C2CCCN2)CCCC1. The highest BCUT2D eigenvalue weighted by Gasteiger charge is 2.40. The van der Waals surface area contributed by atoms with E-state index in [9.17, 15) is 9.59 Å². The van der Waals surface area contributed by atoms with Crippen LogP contribution in [-0.2, 0) is 9.59 Å². The number of primary amides is 1. The van der Waals surface area contributed by atoms with Gasteiger partial charge in [0, 0.05) is 6.54 Å². The number of carbonyl (C=O) groups excluding carboxylic acids is 2. The largest absolute Gasteiger partial charge is 0.369 e. The van der Waals surface area contributed by atoms with Crippen LogP contribution in [0.1, 0.15) is 38.5 Å². The van der Waals surface area contributed by atoms with E-state index < -0.39 is 5.41 Å². The fourth-order valence-corrected chi connectivity index (χ4v) is 2.85. The van der Waals surface area contributed by atoms with Crippen molar-refractivity contribution in [3.05, 3.63) is 0 Å². The van der Waals surface area contributed by atoms with Gasteiger partial charge in [-0.25, -0.2) is 0 Å². The van der Waals surface area contributed by atoms with E-state index in [2.05, 4.69) is 10.6 Å². The maximum absolute atomic E-state index is 11.8.